The van der Waals surface area contributed by atoms with Crippen LogP contribution < -0.4 is 10.6 Å². The van der Waals surface area contributed by atoms with Gasteiger partial charge < -0.3 is 9.88 Å². The summed E-state index contributed by atoms with van der Waals surface area (Å²) in [5, 5.41) is 6.10. The van der Waals surface area contributed by atoms with Gasteiger partial charge in [0.15, 0.2) is 0 Å². The predicted octanol–water partition coefficient (Wildman–Crippen LogP) is 1.15. The number of aryl methyl sites for hydroxylation is 1. The summed E-state index contributed by atoms with van der Waals surface area (Å²) >= 11 is 0. The lowest BCUT2D eigenvalue weighted by molar-refractivity contribution is -0.122. The molecule has 1 rings (SSSR count). The molecule has 102 valence electrons. The Labute approximate surface area is 109 Å². The standard InChI is InChI=1S/C13H24N4O/c1-5-17-7-6-14-12(17)9-15-11(4)13(18)16-8-10(2)3/h6-7,10-11,15H,5,8-9H2,1-4H3,(H,16,18). The molecule has 5 heteroatoms. The highest BCUT2D eigenvalue weighted by Gasteiger charge is 2.13. The molecule has 0 saturated carbocycles. The van der Waals surface area contributed by atoms with Crippen LogP contribution >= 0.6 is 0 Å². The first-order chi connectivity index (χ1) is 8.54. The highest BCUT2D eigenvalue weighted by molar-refractivity contribution is 5.81. The average Bonchev–Trinajstić information content (AvgIpc) is 2.80. The zero-order valence-corrected chi connectivity index (χ0v) is 11.7. The van der Waals surface area contributed by atoms with Crippen molar-refractivity contribution in [3.8, 4) is 0 Å². The Balaban J connectivity index is 2.36. The molecule has 0 bridgehead atoms. The molecule has 0 aliphatic heterocycles. The number of carbonyl (C=O) groups is 1. The molecule has 1 aromatic heterocycles. The molecule has 1 aromatic rings. The second-order valence-corrected chi connectivity index (χ2v) is 4.87. The van der Waals surface area contributed by atoms with E-state index in [0.717, 1.165) is 12.4 Å². The molecule has 0 aliphatic rings. The van der Waals surface area contributed by atoms with Crippen molar-refractivity contribution in [2.45, 2.75) is 46.8 Å². The summed E-state index contributed by atoms with van der Waals surface area (Å²) in [6.07, 6.45) is 3.73. The van der Waals surface area contributed by atoms with Crippen molar-refractivity contribution in [2.24, 2.45) is 5.92 Å². The van der Waals surface area contributed by atoms with Crippen LogP contribution in [0.2, 0.25) is 0 Å². The quantitative estimate of drug-likeness (QED) is 0.765. The molecular weight excluding hydrogens is 228 g/mol. The summed E-state index contributed by atoms with van der Waals surface area (Å²) in [5.41, 5.74) is 0. The number of nitrogens with zero attached hydrogens (tertiary/aromatic N) is 2. The lowest BCUT2D eigenvalue weighted by atomic mass is 10.2. The highest BCUT2D eigenvalue weighted by atomic mass is 16.2. The number of rotatable bonds is 7. The van der Waals surface area contributed by atoms with Gasteiger partial charge in [-0.25, -0.2) is 4.98 Å². The summed E-state index contributed by atoms with van der Waals surface area (Å²) in [4.78, 5) is 16.0. The number of hydrogen-bond acceptors (Lipinski definition) is 3. The second-order valence-electron chi connectivity index (χ2n) is 4.87. The molecule has 0 saturated heterocycles. The van der Waals surface area contributed by atoms with Gasteiger partial charge in [-0.2, -0.15) is 0 Å². The summed E-state index contributed by atoms with van der Waals surface area (Å²) in [7, 11) is 0. The third kappa shape index (κ3) is 4.49. The van der Waals surface area contributed by atoms with Crippen molar-refractivity contribution in [2.75, 3.05) is 6.54 Å². The zero-order valence-electron chi connectivity index (χ0n) is 11.7. The van der Waals surface area contributed by atoms with Crippen molar-refractivity contribution in [1.29, 1.82) is 0 Å². The van der Waals surface area contributed by atoms with Crippen LogP contribution in [0.4, 0.5) is 0 Å². The van der Waals surface area contributed by atoms with E-state index in [9.17, 15) is 4.79 Å². The molecule has 0 radical (unpaired) electrons. The monoisotopic (exact) mass is 252 g/mol. The minimum Gasteiger partial charge on any atom is -0.354 e. The molecule has 5 nitrogen and oxygen atoms in total. The van der Waals surface area contributed by atoms with Crippen LogP contribution in [0.5, 0.6) is 0 Å². The van der Waals surface area contributed by atoms with Gasteiger partial charge in [0.2, 0.25) is 5.91 Å². The maximum Gasteiger partial charge on any atom is 0.236 e. The van der Waals surface area contributed by atoms with Crippen molar-refractivity contribution in [3.63, 3.8) is 0 Å². The Morgan fingerprint density at radius 3 is 2.78 bits per heavy atom. The number of aromatic nitrogens is 2. The molecule has 1 heterocycles. The molecular formula is C13H24N4O. The van der Waals surface area contributed by atoms with Gasteiger partial charge in [0.1, 0.15) is 5.82 Å². The Morgan fingerprint density at radius 1 is 1.44 bits per heavy atom. The van der Waals surface area contributed by atoms with Crippen LogP contribution in [0.3, 0.4) is 0 Å². The minimum absolute atomic E-state index is 0.0401. The fraction of sp³-hybridized carbons (Fsp3) is 0.692. The van der Waals surface area contributed by atoms with Gasteiger partial charge in [0, 0.05) is 25.5 Å². The molecule has 2 N–H and O–H groups in total. The van der Waals surface area contributed by atoms with Gasteiger partial charge in [-0.15, -0.1) is 0 Å². The Hall–Kier alpha value is -1.36. The first-order valence-corrected chi connectivity index (χ1v) is 6.55. The number of nitrogens with one attached hydrogen (secondary N) is 2. The molecule has 18 heavy (non-hydrogen) atoms. The Bertz CT molecular complexity index is 373. The second kappa shape index (κ2) is 7.16. The normalized spacial score (nSPS) is 12.7. The first kappa shape index (κ1) is 14.7. The van der Waals surface area contributed by atoms with E-state index in [-0.39, 0.29) is 11.9 Å². The molecule has 0 aromatic carbocycles. The third-order valence-electron chi connectivity index (χ3n) is 2.79. The van der Waals surface area contributed by atoms with Crippen LogP contribution in [0.15, 0.2) is 12.4 Å². The van der Waals surface area contributed by atoms with E-state index in [1.165, 1.54) is 0 Å². The van der Waals surface area contributed by atoms with Crippen molar-refractivity contribution in [1.82, 2.24) is 20.2 Å². The average molecular weight is 252 g/mol. The molecule has 1 atom stereocenters. The number of imidazole rings is 1. The maximum absolute atomic E-state index is 11.8. The fourth-order valence-corrected chi connectivity index (χ4v) is 1.59. The largest absolute Gasteiger partial charge is 0.354 e. The maximum atomic E-state index is 11.8. The molecule has 1 amide bonds. The Kier molecular flexibility index (Phi) is 5.85. The van der Waals surface area contributed by atoms with Gasteiger partial charge in [0.25, 0.3) is 0 Å². The summed E-state index contributed by atoms with van der Waals surface area (Å²) < 4.78 is 2.06. The summed E-state index contributed by atoms with van der Waals surface area (Å²) in [5.74, 6) is 1.47. The first-order valence-electron chi connectivity index (χ1n) is 6.55. The summed E-state index contributed by atoms with van der Waals surface area (Å²) in [6.45, 7) is 10.3. The topological polar surface area (TPSA) is 59.0 Å². The van der Waals surface area contributed by atoms with Gasteiger partial charge in [-0.05, 0) is 19.8 Å². The zero-order chi connectivity index (χ0) is 13.5. The minimum atomic E-state index is -0.203. The van der Waals surface area contributed by atoms with E-state index in [2.05, 4.69) is 41.0 Å². The van der Waals surface area contributed by atoms with E-state index in [1.54, 1.807) is 6.20 Å². The molecule has 0 aliphatic carbocycles. The van der Waals surface area contributed by atoms with E-state index < -0.39 is 0 Å². The van der Waals surface area contributed by atoms with E-state index in [0.29, 0.717) is 19.0 Å². The van der Waals surface area contributed by atoms with Gasteiger partial charge in [-0.1, -0.05) is 13.8 Å². The summed E-state index contributed by atoms with van der Waals surface area (Å²) in [6, 6.07) is -0.203. The van der Waals surface area contributed by atoms with Crippen molar-refractivity contribution < 1.29 is 4.79 Å². The molecule has 0 fully saturated rings. The van der Waals surface area contributed by atoms with Gasteiger partial charge in [-0.3, -0.25) is 10.1 Å². The lowest BCUT2D eigenvalue weighted by Crippen LogP contribution is -2.43. The van der Waals surface area contributed by atoms with E-state index in [1.807, 2.05) is 13.1 Å². The van der Waals surface area contributed by atoms with Crippen molar-refractivity contribution >= 4 is 5.91 Å². The van der Waals surface area contributed by atoms with Gasteiger partial charge in [0.05, 0.1) is 12.6 Å². The fourth-order valence-electron chi connectivity index (χ4n) is 1.59. The SMILES string of the molecule is CCn1ccnc1CNC(C)C(=O)NCC(C)C. The smallest absolute Gasteiger partial charge is 0.236 e. The molecule has 1 unspecified atom stereocenters. The number of amides is 1. The van der Waals surface area contributed by atoms with E-state index in [4.69, 9.17) is 0 Å². The van der Waals surface area contributed by atoms with Crippen molar-refractivity contribution in [3.05, 3.63) is 18.2 Å². The van der Waals surface area contributed by atoms with Crippen LogP contribution in [-0.2, 0) is 17.9 Å². The van der Waals surface area contributed by atoms with Crippen LogP contribution in [0, 0.1) is 5.92 Å². The van der Waals surface area contributed by atoms with Crippen LogP contribution in [-0.4, -0.2) is 28.0 Å². The Morgan fingerprint density at radius 2 is 2.17 bits per heavy atom. The number of carbonyl (C=O) groups excluding carboxylic acids is 1. The van der Waals surface area contributed by atoms with Gasteiger partial charge >= 0.3 is 0 Å². The van der Waals surface area contributed by atoms with Crippen LogP contribution in [0.25, 0.3) is 0 Å². The molecule has 0 spiro atoms. The highest BCUT2D eigenvalue weighted by Crippen LogP contribution is 1.98. The third-order valence-corrected chi connectivity index (χ3v) is 2.79. The van der Waals surface area contributed by atoms with Crippen LogP contribution in [0.1, 0.15) is 33.5 Å². The lowest BCUT2D eigenvalue weighted by Gasteiger charge is -2.15. The number of hydrogen-bond donors (Lipinski definition) is 2. The van der Waals surface area contributed by atoms with E-state index >= 15 is 0 Å². The predicted molar refractivity (Wildman–Crippen MR) is 72.1 cm³/mol.